The SMILES string of the molecule is CCCCCCCCC(NCC)c1cccc(OCC)c1. The third-order valence-electron chi connectivity index (χ3n) is 3.87. The summed E-state index contributed by atoms with van der Waals surface area (Å²) in [5.74, 6) is 0.987. The Hall–Kier alpha value is -1.02. The zero-order valence-electron chi connectivity index (χ0n) is 14.2. The topological polar surface area (TPSA) is 21.3 Å². The van der Waals surface area contributed by atoms with Gasteiger partial charge < -0.3 is 10.1 Å². The van der Waals surface area contributed by atoms with E-state index in [9.17, 15) is 0 Å². The first-order chi connectivity index (χ1) is 10.3. The average molecular weight is 291 g/mol. The lowest BCUT2D eigenvalue weighted by Crippen LogP contribution is -2.20. The Morgan fingerprint density at radius 2 is 1.76 bits per heavy atom. The van der Waals surface area contributed by atoms with Crippen LogP contribution in [0.2, 0.25) is 0 Å². The van der Waals surface area contributed by atoms with E-state index >= 15 is 0 Å². The van der Waals surface area contributed by atoms with E-state index in [1.54, 1.807) is 0 Å². The minimum Gasteiger partial charge on any atom is -0.494 e. The van der Waals surface area contributed by atoms with Crippen LogP contribution in [0.1, 0.15) is 77.3 Å². The number of nitrogens with one attached hydrogen (secondary N) is 1. The van der Waals surface area contributed by atoms with E-state index in [1.807, 2.05) is 13.0 Å². The van der Waals surface area contributed by atoms with Crippen LogP contribution in [0.5, 0.6) is 5.75 Å². The summed E-state index contributed by atoms with van der Waals surface area (Å²) in [6, 6.07) is 9.01. The number of hydrogen-bond acceptors (Lipinski definition) is 2. The summed E-state index contributed by atoms with van der Waals surface area (Å²) in [7, 11) is 0. The van der Waals surface area contributed by atoms with Crippen molar-refractivity contribution in [3.63, 3.8) is 0 Å². The molecular formula is C19H33NO. The average Bonchev–Trinajstić information content (AvgIpc) is 2.50. The number of rotatable bonds is 12. The molecule has 0 spiro atoms. The highest BCUT2D eigenvalue weighted by Crippen LogP contribution is 2.24. The van der Waals surface area contributed by atoms with Crippen molar-refractivity contribution in [2.45, 2.75) is 71.8 Å². The fourth-order valence-corrected chi connectivity index (χ4v) is 2.75. The van der Waals surface area contributed by atoms with Gasteiger partial charge in [0.25, 0.3) is 0 Å². The molecule has 0 fully saturated rings. The van der Waals surface area contributed by atoms with Crippen LogP contribution in [0.15, 0.2) is 24.3 Å². The Balaban J connectivity index is 2.46. The Morgan fingerprint density at radius 3 is 2.48 bits per heavy atom. The Bertz CT molecular complexity index is 364. The quantitative estimate of drug-likeness (QED) is 0.514. The van der Waals surface area contributed by atoms with Gasteiger partial charge in [-0.2, -0.15) is 0 Å². The fraction of sp³-hybridized carbons (Fsp3) is 0.684. The first-order valence-electron chi connectivity index (χ1n) is 8.77. The van der Waals surface area contributed by atoms with Crippen LogP contribution in [0.25, 0.3) is 0 Å². The van der Waals surface area contributed by atoms with E-state index in [2.05, 4.69) is 37.4 Å². The first kappa shape index (κ1) is 18.0. The molecule has 0 aromatic heterocycles. The maximum atomic E-state index is 5.62. The van der Waals surface area contributed by atoms with Crippen LogP contribution in [-0.2, 0) is 0 Å². The maximum absolute atomic E-state index is 5.62. The third kappa shape index (κ3) is 7.52. The molecule has 0 bridgehead atoms. The molecule has 0 aliphatic carbocycles. The van der Waals surface area contributed by atoms with Crippen LogP contribution in [-0.4, -0.2) is 13.2 Å². The molecule has 0 aliphatic rings. The molecule has 1 aromatic carbocycles. The van der Waals surface area contributed by atoms with Crippen LogP contribution >= 0.6 is 0 Å². The minimum atomic E-state index is 0.460. The van der Waals surface area contributed by atoms with E-state index in [0.717, 1.165) is 18.9 Å². The summed E-state index contributed by atoms with van der Waals surface area (Å²) < 4.78 is 5.62. The molecule has 2 nitrogen and oxygen atoms in total. The molecule has 21 heavy (non-hydrogen) atoms. The zero-order chi connectivity index (χ0) is 15.3. The molecule has 0 heterocycles. The molecule has 1 atom stereocenters. The highest BCUT2D eigenvalue weighted by atomic mass is 16.5. The number of benzene rings is 1. The second-order valence-corrected chi connectivity index (χ2v) is 5.67. The van der Waals surface area contributed by atoms with Gasteiger partial charge in [0.2, 0.25) is 0 Å². The normalized spacial score (nSPS) is 12.3. The van der Waals surface area contributed by atoms with Crippen molar-refractivity contribution in [3.8, 4) is 5.75 Å². The summed E-state index contributed by atoms with van der Waals surface area (Å²) in [6.45, 7) is 8.23. The smallest absolute Gasteiger partial charge is 0.119 e. The van der Waals surface area contributed by atoms with E-state index in [1.165, 1.54) is 50.5 Å². The van der Waals surface area contributed by atoms with Crippen molar-refractivity contribution in [3.05, 3.63) is 29.8 Å². The zero-order valence-corrected chi connectivity index (χ0v) is 14.2. The van der Waals surface area contributed by atoms with Gasteiger partial charge in [-0.25, -0.2) is 0 Å². The molecule has 0 amide bonds. The molecule has 1 rings (SSSR count). The second-order valence-electron chi connectivity index (χ2n) is 5.67. The first-order valence-corrected chi connectivity index (χ1v) is 8.77. The lowest BCUT2D eigenvalue weighted by molar-refractivity contribution is 0.339. The van der Waals surface area contributed by atoms with E-state index in [0.29, 0.717) is 6.04 Å². The van der Waals surface area contributed by atoms with Crippen molar-refractivity contribution in [2.75, 3.05) is 13.2 Å². The third-order valence-corrected chi connectivity index (χ3v) is 3.87. The summed E-state index contributed by atoms with van der Waals surface area (Å²) in [6.07, 6.45) is 9.36. The van der Waals surface area contributed by atoms with E-state index in [4.69, 9.17) is 4.74 Å². The lowest BCUT2D eigenvalue weighted by atomic mass is 9.99. The second kappa shape index (κ2) is 11.6. The van der Waals surface area contributed by atoms with E-state index < -0.39 is 0 Å². The Kier molecular flexibility index (Phi) is 9.98. The van der Waals surface area contributed by atoms with Gasteiger partial charge >= 0.3 is 0 Å². The molecular weight excluding hydrogens is 258 g/mol. The number of hydrogen-bond donors (Lipinski definition) is 1. The van der Waals surface area contributed by atoms with Crippen molar-refractivity contribution in [1.82, 2.24) is 5.32 Å². The monoisotopic (exact) mass is 291 g/mol. The largest absolute Gasteiger partial charge is 0.494 e. The van der Waals surface area contributed by atoms with Gasteiger partial charge in [0, 0.05) is 6.04 Å². The summed E-state index contributed by atoms with van der Waals surface area (Å²) in [5, 5.41) is 3.61. The highest BCUT2D eigenvalue weighted by Gasteiger charge is 2.10. The molecule has 1 unspecified atom stereocenters. The molecule has 1 aromatic rings. The maximum Gasteiger partial charge on any atom is 0.119 e. The van der Waals surface area contributed by atoms with Gasteiger partial charge in [0.05, 0.1) is 6.61 Å². The lowest BCUT2D eigenvalue weighted by Gasteiger charge is -2.19. The molecule has 120 valence electrons. The minimum absolute atomic E-state index is 0.460. The summed E-state index contributed by atoms with van der Waals surface area (Å²) in [4.78, 5) is 0. The van der Waals surface area contributed by atoms with Crippen molar-refractivity contribution in [2.24, 2.45) is 0 Å². The molecule has 0 saturated carbocycles. The van der Waals surface area contributed by atoms with Crippen LogP contribution in [0.4, 0.5) is 0 Å². The van der Waals surface area contributed by atoms with Crippen molar-refractivity contribution >= 4 is 0 Å². The van der Waals surface area contributed by atoms with Gasteiger partial charge in [-0.05, 0) is 37.6 Å². The molecule has 0 saturated heterocycles. The Morgan fingerprint density at radius 1 is 1.00 bits per heavy atom. The fourth-order valence-electron chi connectivity index (χ4n) is 2.75. The van der Waals surface area contributed by atoms with Crippen LogP contribution < -0.4 is 10.1 Å². The molecule has 1 N–H and O–H groups in total. The van der Waals surface area contributed by atoms with E-state index in [-0.39, 0.29) is 0 Å². The van der Waals surface area contributed by atoms with Gasteiger partial charge in [-0.1, -0.05) is 64.5 Å². The summed E-state index contributed by atoms with van der Waals surface area (Å²) >= 11 is 0. The Labute approximate surface area is 131 Å². The highest BCUT2D eigenvalue weighted by molar-refractivity contribution is 5.30. The van der Waals surface area contributed by atoms with Crippen molar-refractivity contribution in [1.29, 1.82) is 0 Å². The van der Waals surface area contributed by atoms with Crippen LogP contribution in [0.3, 0.4) is 0 Å². The van der Waals surface area contributed by atoms with Gasteiger partial charge in [-0.3, -0.25) is 0 Å². The van der Waals surface area contributed by atoms with Gasteiger partial charge in [0.1, 0.15) is 5.75 Å². The number of ether oxygens (including phenoxy) is 1. The molecule has 2 heteroatoms. The summed E-state index contributed by atoms with van der Waals surface area (Å²) in [5.41, 5.74) is 1.36. The molecule has 0 radical (unpaired) electrons. The van der Waals surface area contributed by atoms with Crippen molar-refractivity contribution < 1.29 is 4.74 Å². The standard InChI is InChI=1S/C19H33NO/c1-4-7-8-9-10-11-15-19(20-5-2)17-13-12-14-18(16-17)21-6-3/h12-14,16,19-20H,4-11,15H2,1-3H3. The predicted molar refractivity (Wildman–Crippen MR) is 92.0 cm³/mol. The van der Waals surface area contributed by atoms with Crippen LogP contribution in [0, 0.1) is 0 Å². The number of unbranched alkanes of at least 4 members (excludes halogenated alkanes) is 5. The van der Waals surface area contributed by atoms with Gasteiger partial charge in [-0.15, -0.1) is 0 Å². The van der Waals surface area contributed by atoms with Gasteiger partial charge in [0.15, 0.2) is 0 Å². The predicted octanol–water partition coefficient (Wildman–Crippen LogP) is 5.49. The molecule has 0 aliphatic heterocycles.